The Labute approximate surface area is 358 Å². The van der Waals surface area contributed by atoms with Crippen molar-refractivity contribution in [3.8, 4) is 0 Å². The number of ether oxygens (including phenoxy) is 3. The summed E-state index contributed by atoms with van der Waals surface area (Å²) in [6, 6.07) is 0. The zero-order valence-electron chi connectivity index (χ0n) is 38.0. The summed E-state index contributed by atoms with van der Waals surface area (Å²) in [5.74, 6) is -0.938. The number of carbonyl (C=O) groups is 3. The molecule has 58 heavy (non-hydrogen) atoms. The first-order valence-electron chi connectivity index (χ1n) is 24.3. The maximum atomic E-state index is 12.7. The van der Waals surface area contributed by atoms with Crippen LogP contribution >= 0.6 is 0 Å². The van der Waals surface area contributed by atoms with Gasteiger partial charge in [0.05, 0.1) is 0 Å². The summed E-state index contributed by atoms with van der Waals surface area (Å²) in [6.07, 6.45) is 56.3. The fraction of sp³-hybridized carbons (Fsp3) is 0.750. The van der Waals surface area contributed by atoms with Gasteiger partial charge >= 0.3 is 17.9 Å². The minimum Gasteiger partial charge on any atom is -0.462 e. The smallest absolute Gasteiger partial charge is 0.306 e. The molecule has 1 unspecified atom stereocenters. The number of rotatable bonds is 43. The molecule has 0 N–H and O–H groups in total. The highest BCUT2D eigenvalue weighted by atomic mass is 16.6. The average Bonchev–Trinajstić information content (AvgIpc) is 3.22. The maximum Gasteiger partial charge on any atom is 0.306 e. The van der Waals surface area contributed by atoms with Crippen molar-refractivity contribution in [3.05, 3.63) is 60.8 Å². The van der Waals surface area contributed by atoms with Crippen LogP contribution in [-0.4, -0.2) is 37.2 Å². The largest absolute Gasteiger partial charge is 0.462 e. The van der Waals surface area contributed by atoms with Gasteiger partial charge < -0.3 is 14.2 Å². The topological polar surface area (TPSA) is 78.9 Å². The molecule has 334 valence electrons. The van der Waals surface area contributed by atoms with Crippen LogP contribution in [0.1, 0.15) is 233 Å². The quantitative estimate of drug-likeness (QED) is 0.0201. The molecule has 0 saturated carbocycles. The van der Waals surface area contributed by atoms with Gasteiger partial charge in [-0.25, -0.2) is 0 Å². The molecule has 0 aromatic carbocycles. The molecule has 6 heteroatoms. The lowest BCUT2D eigenvalue weighted by Crippen LogP contribution is -2.30. The number of hydrogen-bond donors (Lipinski definition) is 0. The van der Waals surface area contributed by atoms with E-state index in [1.54, 1.807) is 0 Å². The number of carbonyl (C=O) groups excluding carboxylic acids is 3. The second-order valence-corrected chi connectivity index (χ2v) is 16.1. The van der Waals surface area contributed by atoms with Crippen LogP contribution in [0.3, 0.4) is 0 Å². The van der Waals surface area contributed by atoms with Crippen molar-refractivity contribution in [2.75, 3.05) is 13.2 Å². The van der Waals surface area contributed by atoms with Crippen LogP contribution in [0, 0.1) is 0 Å². The zero-order valence-corrected chi connectivity index (χ0v) is 38.0. The lowest BCUT2D eigenvalue weighted by atomic mass is 10.0. The Hall–Kier alpha value is -2.89. The average molecular weight is 811 g/mol. The second-order valence-electron chi connectivity index (χ2n) is 16.1. The van der Waals surface area contributed by atoms with Crippen molar-refractivity contribution in [1.82, 2.24) is 0 Å². The van der Waals surface area contributed by atoms with Crippen LogP contribution in [-0.2, 0) is 28.6 Å². The molecule has 0 saturated heterocycles. The number of allylic oxidation sites excluding steroid dienone is 10. The first-order valence-corrected chi connectivity index (χ1v) is 24.3. The van der Waals surface area contributed by atoms with Crippen LogP contribution in [0.4, 0.5) is 0 Å². The molecule has 0 spiro atoms. The lowest BCUT2D eigenvalue weighted by molar-refractivity contribution is -0.167. The van der Waals surface area contributed by atoms with E-state index in [1.165, 1.54) is 116 Å². The van der Waals surface area contributed by atoms with Gasteiger partial charge in [-0.15, -0.1) is 0 Å². The van der Waals surface area contributed by atoms with Gasteiger partial charge in [-0.05, 0) is 64.2 Å². The molecule has 1 atom stereocenters. The van der Waals surface area contributed by atoms with Gasteiger partial charge in [0.2, 0.25) is 0 Å². The van der Waals surface area contributed by atoms with Gasteiger partial charge in [-0.2, -0.15) is 0 Å². The first kappa shape index (κ1) is 55.1. The molecule has 0 aliphatic carbocycles. The Morgan fingerprint density at radius 2 is 0.690 bits per heavy atom. The summed E-state index contributed by atoms with van der Waals surface area (Å²) in [4.78, 5) is 37.8. The molecule has 0 amide bonds. The molecule has 0 radical (unpaired) electrons. The third-order valence-corrected chi connectivity index (χ3v) is 10.4. The summed E-state index contributed by atoms with van der Waals surface area (Å²) in [5.41, 5.74) is 0. The van der Waals surface area contributed by atoms with E-state index in [1.807, 2.05) is 36.5 Å². The molecule has 0 aromatic heterocycles. The van der Waals surface area contributed by atoms with Gasteiger partial charge in [-0.1, -0.05) is 210 Å². The van der Waals surface area contributed by atoms with Gasteiger partial charge in [0.1, 0.15) is 13.2 Å². The molecule has 0 fully saturated rings. The Morgan fingerprint density at radius 1 is 0.362 bits per heavy atom. The van der Waals surface area contributed by atoms with E-state index in [4.69, 9.17) is 14.2 Å². The van der Waals surface area contributed by atoms with Crippen LogP contribution < -0.4 is 0 Å². The normalized spacial score (nSPS) is 12.5. The molecule has 0 rings (SSSR count). The molecular formula is C52H90O6. The van der Waals surface area contributed by atoms with Crippen molar-refractivity contribution in [2.45, 2.75) is 239 Å². The standard InChI is InChI=1S/C52H90O6/c1-4-7-10-13-16-19-22-25-26-28-30-33-36-39-42-45-51(54)57-48-49(47-56-50(53)44-41-38-35-32-29-24-21-18-15-12-9-6-3)58-52(55)46-43-40-37-34-31-27-23-20-17-14-11-8-5-2/h8,11,14,17-18,20-21,23,27,31,49H,4-7,9-10,12-13,15-16,19,22,24-26,28-30,32-48H2,1-3H3/b11-8-,17-14-,21-18-,23-20-,31-27-. The molecular weight excluding hydrogens is 721 g/mol. The lowest BCUT2D eigenvalue weighted by Gasteiger charge is -2.18. The predicted octanol–water partition coefficient (Wildman–Crippen LogP) is 15.7. The van der Waals surface area contributed by atoms with E-state index in [0.29, 0.717) is 12.8 Å². The molecule has 0 aromatic rings. The van der Waals surface area contributed by atoms with Crippen molar-refractivity contribution < 1.29 is 28.6 Å². The summed E-state index contributed by atoms with van der Waals surface area (Å²) < 4.78 is 16.7. The Bertz CT molecular complexity index is 1070. The predicted molar refractivity (Wildman–Crippen MR) is 247 cm³/mol. The third-order valence-electron chi connectivity index (χ3n) is 10.4. The summed E-state index contributed by atoms with van der Waals surface area (Å²) in [7, 11) is 0. The van der Waals surface area contributed by atoms with Crippen LogP contribution in [0.2, 0.25) is 0 Å². The summed E-state index contributed by atoms with van der Waals surface area (Å²) in [6.45, 7) is 6.43. The fourth-order valence-electron chi connectivity index (χ4n) is 6.68. The highest BCUT2D eigenvalue weighted by molar-refractivity contribution is 5.71. The van der Waals surface area contributed by atoms with E-state index in [9.17, 15) is 14.4 Å². The zero-order chi connectivity index (χ0) is 42.3. The Balaban J connectivity index is 4.43. The first-order chi connectivity index (χ1) is 28.5. The highest BCUT2D eigenvalue weighted by Crippen LogP contribution is 2.15. The molecule has 6 nitrogen and oxygen atoms in total. The number of unbranched alkanes of at least 4 members (excludes halogenated alkanes) is 25. The van der Waals surface area contributed by atoms with E-state index in [2.05, 4.69) is 45.1 Å². The monoisotopic (exact) mass is 811 g/mol. The van der Waals surface area contributed by atoms with Gasteiger partial charge in [0, 0.05) is 19.3 Å². The molecule has 0 aliphatic rings. The fourth-order valence-corrected chi connectivity index (χ4v) is 6.68. The van der Waals surface area contributed by atoms with Crippen LogP contribution in [0.25, 0.3) is 0 Å². The van der Waals surface area contributed by atoms with Crippen molar-refractivity contribution in [3.63, 3.8) is 0 Å². The van der Waals surface area contributed by atoms with Crippen molar-refractivity contribution >= 4 is 17.9 Å². The molecule has 0 aliphatic heterocycles. The van der Waals surface area contributed by atoms with Crippen LogP contribution in [0.15, 0.2) is 60.8 Å². The van der Waals surface area contributed by atoms with E-state index in [0.717, 1.165) is 77.0 Å². The third kappa shape index (κ3) is 44.2. The van der Waals surface area contributed by atoms with Gasteiger partial charge in [0.15, 0.2) is 6.10 Å². The number of esters is 3. The Morgan fingerprint density at radius 3 is 1.16 bits per heavy atom. The summed E-state index contributed by atoms with van der Waals surface area (Å²) >= 11 is 0. The summed E-state index contributed by atoms with van der Waals surface area (Å²) in [5, 5.41) is 0. The Kier molecular flexibility index (Phi) is 44.5. The second kappa shape index (κ2) is 46.8. The van der Waals surface area contributed by atoms with E-state index in [-0.39, 0.29) is 37.5 Å². The molecule has 0 bridgehead atoms. The SMILES string of the molecule is CC\C=C/C=C\C=C/C=C\CCCCCC(=O)OC(COC(=O)CCCCCCC/C=C\CCCCC)COC(=O)CCCCCCCCCCCCCCCCC. The van der Waals surface area contributed by atoms with Gasteiger partial charge in [0.25, 0.3) is 0 Å². The maximum absolute atomic E-state index is 12.7. The minimum absolute atomic E-state index is 0.0912. The minimum atomic E-state index is -0.794. The highest BCUT2D eigenvalue weighted by Gasteiger charge is 2.19. The number of hydrogen-bond acceptors (Lipinski definition) is 6. The van der Waals surface area contributed by atoms with E-state index < -0.39 is 6.10 Å². The van der Waals surface area contributed by atoms with Crippen LogP contribution in [0.5, 0.6) is 0 Å². The van der Waals surface area contributed by atoms with Crippen molar-refractivity contribution in [2.24, 2.45) is 0 Å². The van der Waals surface area contributed by atoms with Gasteiger partial charge in [-0.3, -0.25) is 14.4 Å². The van der Waals surface area contributed by atoms with E-state index >= 15 is 0 Å². The van der Waals surface area contributed by atoms with Crippen molar-refractivity contribution in [1.29, 1.82) is 0 Å². The molecule has 0 heterocycles.